The largest absolute Gasteiger partial charge is 0.466 e. The van der Waals surface area contributed by atoms with Crippen LogP contribution in [0.25, 0.3) is 0 Å². The van der Waals surface area contributed by atoms with Crippen LogP contribution in [0.15, 0.2) is 0 Å². The lowest BCUT2D eigenvalue weighted by Gasteiger charge is -2.23. The van der Waals surface area contributed by atoms with Crippen LogP contribution in [0.5, 0.6) is 0 Å². The molecule has 1 atom stereocenters. The van der Waals surface area contributed by atoms with Gasteiger partial charge in [0.25, 0.3) is 0 Å². The minimum atomic E-state index is -0.451. The number of hydrogen-bond donors (Lipinski definition) is 2. The van der Waals surface area contributed by atoms with E-state index >= 15 is 0 Å². The molecule has 6 heteroatoms. The van der Waals surface area contributed by atoms with E-state index in [0.29, 0.717) is 26.0 Å². The van der Waals surface area contributed by atoms with Crippen molar-refractivity contribution in [1.82, 2.24) is 10.6 Å². The van der Waals surface area contributed by atoms with Crippen molar-refractivity contribution in [2.75, 3.05) is 13.2 Å². The lowest BCUT2D eigenvalue weighted by atomic mass is 9.97. The number of esters is 1. The van der Waals surface area contributed by atoms with Crippen LogP contribution in [-0.2, 0) is 19.1 Å². The Bertz CT molecular complexity index is 365. The Morgan fingerprint density at radius 2 is 1.90 bits per heavy atom. The maximum atomic E-state index is 12.2. The van der Waals surface area contributed by atoms with Crippen molar-refractivity contribution in [2.24, 2.45) is 5.92 Å². The molecular weight excluding hydrogens is 272 g/mol. The van der Waals surface area contributed by atoms with E-state index in [1.807, 2.05) is 0 Å². The first kappa shape index (κ1) is 17.5. The molecule has 6 nitrogen and oxygen atoms in total. The van der Waals surface area contributed by atoms with E-state index in [4.69, 9.17) is 4.74 Å². The summed E-state index contributed by atoms with van der Waals surface area (Å²) < 4.78 is 4.82. The second-order valence-electron chi connectivity index (χ2n) is 5.42. The summed E-state index contributed by atoms with van der Waals surface area (Å²) in [5.74, 6) is -0.366. The van der Waals surface area contributed by atoms with Gasteiger partial charge in [-0.25, -0.2) is 0 Å². The maximum Gasteiger partial charge on any atom is 0.305 e. The molecule has 2 N–H and O–H groups in total. The molecule has 1 fully saturated rings. The molecule has 1 saturated carbocycles. The van der Waals surface area contributed by atoms with E-state index in [2.05, 4.69) is 10.6 Å². The van der Waals surface area contributed by atoms with Crippen LogP contribution in [0.1, 0.15) is 52.4 Å². The SMILES string of the molecule is CCOC(=O)CCCNC(=O)C(NC(C)=O)C1CCCC1. The van der Waals surface area contributed by atoms with Gasteiger partial charge in [0.1, 0.15) is 6.04 Å². The summed E-state index contributed by atoms with van der Waals surface area (Å²) in [6.07, 6.45) is 5.00. The van der Waals surface area contributed by atoms with Crippen LogP contribution in [0, 0.1) is 5.92 Å². The third-order valence-electron chi connectivity index (χ3n) is 3.67. The predicted octanol–water partition coefficient (Wildman–Crippen LogP) is 1.14. The fraction of sp³-hybridized carbons (Fsp3) is 0.800. The summed E-state index contributed by atoms with van der Waals surface area (Å²) in [6.45, 7) is 3.98. The molecule has 0 aromatic carbocycles. The maximum absolute atomic E-state index is 12.2. The standard InChI is InChI=1S/C15H26N2O4/c1-3-21-13(19)9-6-10-16-15(20)14(17-11(2)18)12-7-4-5-8-12/h12,14H,3-10H2,1-2H3,(H,16,20)(H,17,18). The first-order valence-electron chi connectivity index (χ1n) is 7.75. The highest BCUT2D eigenvalue weighted by Gasteiger charge is 2.30. The monoisotopic (exact) mass is 298 g/mol. The normalized spacial score (nSPS) is 16.3. The lowest BCUT2D eigenvalue weighted by Crippen LogP contribution is -2.50. The molecular formula is C15H26N2O4. The molecule has 1 aliphatic carbocycles. The number of nitrogens with one attached hydrogen (secondary N) is 2. The predicted molar refractivity (Wildman–Crippen MR) is 78.4 cm³/mol. The number of carbonyl (C=O) groups excluding carboxylic acids is 3. The lowest BCUT2D eigenvalue weighted by molar-refractivity contribution is -0.143. The van der Waals surface area contributed by atoms with Crippen LogP contribution in [0.3, 0.4) is 0 Å². The summed E-state index contributed by atoms with van der Waals surface area (Å²) in [5, 5.41) is 5.55. The summed E-state index contributed by atoms with van der Waals surface area (Å²) in [7, 11) is 0. The molecule has 0 saturated heterocycles. The van der Waals surface area contributed by atoms with Crippen LogP contribution >= 0.6 is 0 Å². The van der Waals surface area contributed by atoms with Crippen molar-refractivity contribution < 1.29 is 19.1 Å². The fourth-order valence-corrected chi connectivity index (χ4v) is 2.69. The molecule has 0 radical (unpaired) electrons. The molecule has 0 heterocycles. The Hall–Kier alpha value is -1.59. The van der Waals surface area contributed by atoms with Crippen LogP contribution in [-0.4, -0.2) is 37.0 Å². The molecule has 0 aliphatic heterocycles. The van der Waals surface area contributed by atoms with Crippen molar-refractivity contribution in [3.05, 3.63) is 0 Å². The number of carbonyl (C=O) groups is 3. The number of amides is 2. The van der Waals surface area contributed by atoms with Crippen molar-refractivity contribution in [3.8, 4) is 0 Å². The molecule has 0 spiro atoms. The van der Waals surface area contributed by atoms with Gasteiger partial charge in [0, 0.05) is 19.9 Å². The van der Waals surface area contributed by atoms with Gasteiger partial charge in [-0.3, -0.25) is 14.4 Å². The molecule has 21 heavy (non-hydrogen) atoms. The van der Waals surface area contributed by atoms with Crippen molar-refractivity contribution >= 4 is 17.8 Å². The number of ether oxygens (including phenoxy) is 1. The van der Waals surface area contributed by atoms with Crippen LogP contribution in [0.2, 0.25) is 0 Å². The molecule has 0 aromatic heterocycles. The minimum Gasteiger partial charge on any atom is -0.466 e. The fourth-order valence-electron chi connectivity index (χ4n) is 2.69. The second kappa shape index (κ2) is 9.37. The zero-order valence-electron chi connectivity index (χ0n) is 12.9. The highest BCUT2D eigenvalue weighted by Crippen LogP contribution is 2.27. The van der Waals surface area contributed by atoms with E-state index in [-0.39, 0.29) is 23.7 Å². The first-order chi connectivity index (χ1) is 10.0. The van der Waals surface area contributed by atoms with Crippen molar-refractivity contribution in [3.63, 3.8) is 0 Å². The van der Waals surface area contributed by atoms with Crippen LogP contribution < -0.4 is 10.6 Å². The van der Waals surface area contributed by atoms with E-state index < -0.39 is 6.04 Å². The topological polar surface area (TPSA) is 84.5 Å². The summed E-state index contributed by atoms with van der Waals surface area (Å²) in [4.78, 5) is 34.6. The average molecular weight is 298 g/mol. The van der Waals surface area contributed by atoms with Gasteiger partial charge in [0.05, 0.1) is 6.61 Å². The Labute approximate surface area is 126 Å². The van der Waals surface area contributed by atoms with Gasteiger partial charge in [-0.1, -0.05) is 12.8 Å². The number of hydrogen-bond acceptors (Lipinski definition) is 4. The number of rotatable bonds is 8. The van der Waals surface area contributed by atoms with E-state index in [9.17, 15) is 14.4 Å². The van der Waals surface area contributed by atoms with Gasteiger partial charge in [-0.2, -0.15) is 0 Å². The molecule has 1 rings (SSSR count). The quantitative estimate of drug-likeness (QED) is 0.520. The molecule has 1 unspecified atom stereocenters. The Balaban J connectivity index is 2.34. The Kier molecular flexibility index (Phi) is 7.79. The third kappa shape index (κ3) is 6.60. The van der Waals surface area contributed by atoms with Crippen molar-refractivity contribution in [2.45, 2.75) is 58.4 Å². The van der Waals surface area contributed by atoms with Gasteiger partial charge in [0.15, 0.2) is 0 Å². The summed E-state index contributed by atoms with van der Waals surface area (Å²) in [5.41, 5.74) is 0. The van der Waals surface area contributed by atoms with E-state index in [1.165, 1.54) is 6.92 Å². The molecule has 120 valence electrons. The average Bonchev–Trinajstić information content (AvgIpc) is 2.94. The molecule has 0 bridgehead atoms. The van der Waals surface area contributed by atoms with Gasteiger partial charge < -0.3 is 15.4 Å². The first-order valence-corrected chi connectivity index (χ1v) is 7.75. The smallest absolute Gasteiger partial charge is 0.305 e. The van der Waals surface area contributed by atoms with E-state index in [1.54, 1.807) is 6.92 Å². The highest BCUT2D eigenvalue weighted by atomic mass is 16.5. The molecule has 1 aliphatic rings. The van der Waals surface area contributed by atoms with Crippen molar-refractivity contribution in [1.29, 1.82) is 0 Å². The Morgan fingerprint density at radius 3 is 2.48 bits per heavy atom. The third-order valence-corrected chi connectivity index (χ3v) is 3.67. The van der Waals surface area contributed by atoms with Gasteiger partial charge >= 0.3 is 5.97 Å². The summed E-state index contributed by atoms with van der Waals surface area (Å²) in [6, 6.07) is -0.451. The molecule has 0 aromatic rings. The van der Waals surface area contributed by atoms with Gasteiger partial charge in [-0.05, 0) is 32.1 Å². The summed E-state index contributed by atoms with van der Waals surface area (Å²) >= 11 is 0. The van der Waals surface area contributed by atoms with Gasteiger partial charge in [-0.15, -0.1) is 0 Å². The second-order valence-corrected chi connectivity index (χ2v) is 5.42. The van der Waals surface area contributed by atoms with Gasteiger partial charge in [0.2, 0.25) is 11.8 Å². The highest BCUT2D eigenvalue weighted by molar-refractivity contribution is 5.87. The minimum absolute atomic E-state index is 0.152. The Morgan fingerprint density at radius 1 is 1.24 bits per heavy atom. The van der Waals surface area contributed by atoms with E-state index in [0.717, 1.165) is 25.7 Å². The molecule has 2 amide bonds. The zero-order chi connectivity index (χ0) is 15.7. The van der Waals surface area contributed by atoms with Crippen LogP contribution in [0.4, 0.5) is 0 Å². The zero-order valence-corrected chi connectivity index (χ0v) is 12.9.